The summed E-state index contributed by atoms with van der Waals surface area (Å²) in [6, 6.07) is 13.7. The van der Waals surface area contributed by atoms with E-state index in [0.29, 0.717) is 61.1 Å². The Labute approximate surface area is 258 Å². The van der Waals surface area contributed by atoms with Crippen molar-refractivity contribution in [2.75, 3.05) is 42.6 Å². The fourth-order valence-electron chi connectivity index (χ4n) is 6.19. The highest BCUT2D eigenvalue weighted by atomic mass is 16.5. The van der Waals surface area contributed by atoms with Crippen molar-refractivity contribution in [3.05, 3.63) is 86.1 Å². The van der Waals surface area contributed by atoms with Crippen LogP contribution in [0.5, 0.6) is 0 Å². The lowest BCUT2D eigenvalue weighted by Crippen LogP contribution is -2.53. The Morgan fingerprint density at radius 2 is 1.67 bits per heavy atom. The van der Waals surface area contributed by atoms with E-state index in [0.717, 1.165) is 15.7 Å². The van der Waals surface area contributed by atoms with Crippen LogP contribution in [0.25, 0.3) is 11.2 Å². The van der Waals surface area contributed by atoms with Crippen LogP contribution in [0.3, 0.4) is 0 Å². The molecule has 2 saturated heterocycles. The van der Waals surface area contributed by atoms with Crippen LogP contribution in [0, 0.1) is 6.92 Å². The minimum absolute atomic E-state index is 0.0580. The second-order valence-electron chi connectivity index (χ2n) is 11.4. The van der Waals surface area contributed by atoms with Crippen molar-refractivity contribution in [2.24, 2.45) is 14.1 Å². The van der Waals surface area contributed by atoms with Crippen LogP contribution in [0.4, 0.5) is 11.6 Å². The van der Waals surface area contributed by atoms with E-state index in [9.17, 15) is 24.0 Å². The number of fused-ring (bicyclic) bond motifs is 1. The lowest BCUT2D eigenvalue weighted by Gasteiger charge is -2.37. The molecular weight excluding hydrogens is 578 g/mol. The topological polar surface area (TPSA) is 132 Å². The Morgan fingerprint density at radius 3 is 2.33 bits per heavy atom. The summed E-state index contributed by atoms with van der Waals surface area (Å²) >= 11 is 0. The summed E-state index contributed by atoms with van der Waals surface area (Å²) in [7, 11) is 3.07. The number of hydrogen-bond acceptors (Lipinski definition) is 9. The predicted molar refractivity (Wildman–Crippen MR) is 168 cm³/mol. The summed E-state index contributed by atoms with van der Waals surface area (Å²) < 4.78 is 9.37. The first-order chi connectivity index (χ1) is 21.6. The van der Waals surface area contributed by atoms with Crippen LogP contribution in [-0.4, -0.2) is 80.2 Å². The summed E-state index contributed by atoms with van der Waals surface area (Å²) in [6.45, 7) is 6.35. The molecule has 13 heteroatoms. The minimum atomic E-state index is -0.608. The van der Waals surface area contributed by atoms with E-state index in [4.69, 9.17) is 9.72 Å². The van der Waals surface area contributed by atoms with Gasteiger partial charge in [-0.05, 0) is 43.7 Å². The van der Waals surface area contributed by atoms with Gasteiger partial charge in [0, 0.05) is 40.3 Å². The highest BCUT2D eigenvalue weighted by molar-refractivity contribution is 6.22. The van der Waals surface area contributed by atoms with E-state index in [2.05, 4.69) is 11.0 Å². The molecule has 2 aromatic carbocycles. The van der Waals surface area contributed by atoms with Gasteiger partial charge in [-0.2, -0.15) is 4.98 Å². The van der Waals surface area contributed by atoms with Crippen molar-refractivity contribution in [1.82, 2.24) is 23.6 Å². The molecule has 0 spiro atoms. The molecule has 13 nitrogen and oxygen atoms in total. The Kier molecular flexibility index (Phi) is 7.87. The maximum absolute atomic E-state index is 13.5. The Balaban J connectivity index is 1.24. The summed E-state index contributed by atoms with van der Waals surface area (Å²) in [6.07, 6.45) is 0.0580. The van der Waals surface area contributed by atoms with Crippen LogP contribution in [0.1, 0.15) is 34.8 Å². The number of benzene rings is 2. The van der Waals surface area contributed by atoms with Crippen LogP contribution in [0.2, 0.25) is 0 Å². The van der Waals surface area contributed by atoms with Gasteiger partial charge in [-0.1, -0.05) is 29.8 Å². The molecule has 0 bridgehead atoms. The lowest BCUT2D eigenvalue weighted by atomic mass is 10.1. The summed E-state index contributed by atoms with van der Waals surface area (Å²) in [4.78, 5) is 74.7. The molecule has 1 unspecified atom stereocenters. The third-order valence-corrected chi connectivity index (χ3v) is 8.55. The van der Waals surface area contributed by atoms with Crippen molar-refractivity contribution in [2.45, 2.75) is 32.9 Å². The number of carbonyl (C=O) groups excluding carboxylic acids is 3. The molecule has 2 aliphatic heterocycles. The molecule has 234 valence electrons. The van der Waals surface area contributed by atoms with Crippen LogP contribution >= 0.6 is 0 Å². The van der Waals surface area contributed by atoms with Crippen molar-refractivity contribution in [1.29, 1.82) is 0 Å². The highest BCUT2D eigenvalue weighted by Crippen LogP contribution is 2.28. The maximum Gasteiger partial charge on any atom is 0.338 e. The number of carbonyl (C=O) groups is 3. The number of nitrogens with zero attached hydrogens (tertiary/aromatic N) is 7. The molecule has 2 aromatic heterocycles. The minimum Gasteiger partial charge on any atom is -0.462 e. The van der Waals surface area contributed by atoms with Gasteiger partial charge >= 0.3 is 11.7 Å². The van der Waals surface area contributed by atoms with Crippen molar-refractivity contribution < 1.29 is 19.1 Å². The number of rotatable bonds is 7. The Morgan fingerprint density at radius 1 is 0.956 bits per heavy atom. The Hall–Kier alpha value is -5.04. The number of amides is 2. The highest BCUT2D eigenvalue weighted by Gasteiger charge is 2.43. The van der Waals surface area contributed by atoms with E-state index < -0.39 is 23.3 Å². The van der Waals surface area contributed by atoms with E-state index in [1.165, 1.54) is 16.5 Å². The number of imide groups is 1. The summed E-state index contributed by atoms with van der Waals surface area (Å²) in [5.74, 6) is -0.494. The smallest absolute Gasteiger partial charge is 0.338 e. The van der Waals surface area contributed by atoms with Gasteiger partial charge in [0.05, 0.1) is 36.9 Å². The summed E-state index contributed by atoms with van der Waals surface area (Å²) in [5.41, 5.74) is 2.64. The zero-order chi connectivity index (χ0) is 32.0. The van der Waals surface area contributed by atoms with E-state index in [1.54, 1.807) is 38.2 Å². The molecule has 0 N–H and O–H groups in total. The van der Waals surface area contributed by atoms with Gasteiger partial charge in [-0.25, -0.2) is 14.5 Å². The maximum atomic E-state index is 13.5. The molecule has 1 atom stereocenters. The molecule has 0 aliphatic carbocycles. The normalized spacial score (nSPS) is 17.5. The molecule has 2 fully saturated rings. The SMILES string of the molecule is CCOC(=O)c1ccc(N2C(=O)CC(N3CCN(c4nc5c(c(=O)n(C)c(=O)n5C)n4Cc4cccc(C)c4)CC3)C2=O)cc1. The number of aromatic nitrogens is 4. The predicted octanol–water partition coefficient (Wildman–Crippen LogP) is 1.42. The molecule has 6 rings (SSSR count). The second kappa shape index (κ2) is 11.8. The average molecular weight is 614 g/mol. The molecule has 45 heavy (non-hydrogen) atoms. The van der Waals surface area contributed by atoms with Crippen LogP contribution < -0.4 is 21.0 Å². The fourth-order valence-corrected chi connectivity index (χ4v) is 6.19. The van der Waals surface area contributed by atoms with Crippen molar-refractivity contribution >= 4 is 40.6 Å². The third kappa shape index (κ3) is 5.33. The zero-order valence-electron chi connectivity index (χ0n) is 25.7. The molecule has 0 saturated carbocycles. The van der Waals surface area contributed by atoms with Gasteiger partial charge in [0.2, 0.25) is 11.9 Å². The quantitative estimate of drug-likeness (QED) is 0.224. The molecular formula is C32H35N7O6. The van der Waals surface area contributed by atoms with Crippen molar-refractivity contribution in [3.63, 3.8) is 0 Å². The third-order valence-electron chi connectivity index (χ3n) is 8.55. The van der Waals surface area contributed by atoms with Gasteiger partial charge in [0.15, 0.2) is 11.2 Å². The molecule has 2 amide bonds. The first kappa shape index (κ1) is 30.0. The first-order valence-electron chi connectivity index (χ1n) is 14.9. The Bertz CT molecular complexity index is 1930. The zero-order valence-corrected chi connectivity index (χ0v) is 25.7. The lowest BCUT2D eigenvalue weighted by molar-refractivity contribution is -0.123. The van der Waals surface area contributed by atoms with Gasteiger partial charge in [-0.3, -0.25) is 33.0 Å². The van der Waals surface area contributed by atoms with Gasteiger partial charge in [0.25, 0.3) is 11.5 Å². The van der Waals surface area contributed by atoms with Gasteiger partial charge in [-0.15, -0.1) is 0 Å². The number of piperazine rings is 1. The first-order valence-corrected chi connectivity index (χ1v) is 14.9. The second-order valence-corrected chi connectivity index (χ2v) is 11.4. The molecule has 4 aromatic rings. The number of hydrogen-bond donors (Lipinski definition) is 0. The largest absolute Gasteiger partial charge is 0.462 e. The number of ether oxygens (including phenoxy) is 1. The number of anilines is 2. The van der Waals surface area contributed by atoms with Gasteiger partial charge < -0.3 is 9.64 Å². The van der Waals surface area contributed by atoms with E-state index in [-0.39, 0.29) is 24.8 Å². The standard InChI is InChI=1S/C32H35N7O6/c1-5-45-30(43)22-9-11-23(12-10-22)39-25(40)18-24(28(39)41)36-13-15-37(16-14-36)31-33-27-26(29(42)35(4)32(44)34(27)3)38(31)19-21-8-6-7-20(2)17-21/h6-12,17,24H,5,13-16,18-19H2,1-4H3. The summed E-state index contributed by atoms with van der Waals surface area (Å²) in [5, 5.41) is 0. The average Bonchev–Trinajstić information content (AvgIpc) is 3.55. The molecule has 2 aliphatic rings. The van der Waals surface area contributed by atoms with Gasteiger partial charge in [0.1, 0.15) is 0 Å². The number of imidazole rings is 1. The fraction of sp³-hybridized carbons (Fsp3) is 0.375. The monoisotopic (exact) mass is 613 g/mol. The van der Waals surface area contributed by atoms with Crippen LogP contribution in [0.15, 0.2) is 58.1 Å². The van der Waals surface area contributed by atoms with Crippen molar-refractivity contribution in [3.8, 4) is 0 Å². The van der Waals surface area contributed by atoms with Crippen LogP contribution in [-0.2, 0) is 35.0 Å². The van der Waals surface area contributed by atoms with E-state index in [1.807, 2.05) is 34.6 Å². The number of aryl methyl sites for hydroxylation is 2. The molecule has 4 heterocycles. The number of esters is 1. The molecule has 0 radical (unpaired) electrons. The van der Waals surface area contributed by atoms with E-state index >= 15 is 0 Å².